The van der Waals surface area contributed by atoms with Crippen LogP contribution < -0.4 is 4.90 Å². The molecule has 0 atom stereocenters. The van der Waals surface area contributed by atoms with Gasteiger partial charge in [-0.15, -0.1) is 0 Å². The third-order valence-electron chi connectivity index (χ3n) is 10.3. The van der Waals surface area contributed by atoms with Crippen molar-refractivity contribution in [3.63, 3.8) is 0 Å². The summed E-state index contributed by atoms with van der Waals surface area (Å²) in [5.74, 6) is 0. The van der Waals surface area contributed by atoms with Crippen LogP contribution in [-0.2, 0) is 5.41 Å². The number of hydrogen-bond donors (Lipinski definition) is 0. The highest BCUT2D eigenvalue weighted by Crippen LogP contribution is 2.56. The van der Waals surface area contributed by atoms with E-state index in [1.54, 1.807) is 0 Å². The summed E-state index contributed by atoms with van der Waals surface area (Å²) in [6.45, 7) is 0. The van der Waals surface area contributed by atoms with Crippen LogP contribution in [0.2, 0.25) is 0 Å². The molecule has 0 aliphatic heterocycles. The second-order valence-electron chi connectivity index (χ2n) is 12.8. The number of fused-ring (bicyclic) bond motifs is 8. The van der Waals surface area contributed by atoms with Crippen molar-refractivity contribution in [2.75, 3.05) is 4.90 Å². The van der Waals surface area contributed by atoms with Gasteiger partial charge in [-0.2, -0.15) is 0 Å². The summed E-state index contributed by atoms with van der Waals surface area (Å²) in [4.78, 5) is 2.35. The van der Waals surface area contributed by atoms with Crippen LogP contribution in [0.1, 0.15) is 22.3 Å². The lowest BCUT2D eigenvalue weighted by atomic mass is 9.67. The molecule has 10 rings (SSSR count). The van der Waals surface area contributed by atoms with Crippen LogP contribution in [0.15, 0.2) is 192 Å². The number of nitrogens with zero attached hydrogens (tertiary/aromatic N) is 1. The Labute approximate surface area is 285 Å². The van der Waals surface area contributed by atoms with Gasteiger partial charge < -0.3 is 9.32 Å². The number of rotatable bonds is 5. The maximum atomic E-state index is 6.79. The lowest BCUT2D eigenvalue weighted by Gasteiger charge is -2.35. The Morgan fingerprint density at radius 1 is 0.429 bits per heavy atom. The SMILES string of the molecule is c1ccc(N(c2cccc(C3(c4ccccc4)c4ccccc4-c4ccccc43)c2)c2cccc3c2oc2ccc4ccccc4c23)cc1. The Morgan fingerprint density at radius 2 is 1.02 bits per heavy atom. The molecule has 230 valence electrons. The van der Waals surface area contributed by atoms with Gasteiger partial charge in [0.25, 0.3) is 0 Å². The van der Waals surface area contributed by atoms with E-state index < -0.39 is 5.41 Å². The molecular weight excluding hydrogens is 595 g/mol. The molecule has 49 heavy (non-hydrogen) atoms. The zero-order valence-electron chi connectivity index (χ0n) is 26.8. The summed E-state index contributed by atoms with van der Waals surface area (Å²) >= 11 is 0. The minimum Gasteiger partial charge on any atom is -0.454 e. The summed E-state index contributed by atoms with van der Waals surface area (Å²) in [5.41, 5.74) is 12.1. The molecule has 0 saturated heterocycles. The molecule has 2 nitrogen and oxygen atoms in total. The fraction of sp³-hybridized carbons (Fsp3) is 0.0213. The molecule has 1 aliphatic carbocycles. The summed E-state index contributed by atoms with van der Waals surface area (Å²) in [5, 5.41) is 4.67. The highest BCUT2D eigenvalue weighted by molar-refractivity contribution is 6.21. The molecule has 1 aliphatic rings. The van der Waals surface area contributed by atoms with Crippen molar-refractivity contribution in [3.8, 4) is 11.1 Å². The fourth-order valence-electron chi connectivity index (χ4n) is 8.32. The van der Waals surface area contributed by atoms with Crippen molar-refractivity contribution < 1.29 is 4.42 Å². The predicted octanol–water partition coefficient (Wildman–Crippen LogP) is 12.6. The largest absolute Gasteiger partial charge is 0.454 e. The number of anilines is 3. The number of furan rings is 1. The number of para-hydroxylation sites is 2. The molecule has 0 bridgehead atoms. The maximum Gasteiger partial charge on any atom is 0.159 e. The lowest BCUT2D eigenvalue weighted by molar-refractivity contribution is 0.669. The normalized spacial score (nSPS) is 13.1. The second-order valence-corrected chi connectivity index (χ2v) is 12.8. The van der Waals surface area contributed by atoms with Gasteiger partial charge in [-0.3, -0.25) is 0 Å². The van der Waals surface area contributed by atoms with Crippen LogP contribution in [0.4, 0.5) is 17.1 Å². The Hall–Kier alpha value is -6.38. The molecule has 0 saturated carbocycles. The molecule has 0 spiro atoms. The molecule has 0 unspecified atom stereocenters. The van der Waals surface area contributed by atoms with Crippen molar-refractivity contribution in [1.29, 1.82) is 0 Å². The van der Waals surface area contributed by atoms with Crippen molar-refractivity contribution in [3.05, 3.63) is 210 Å². The van der Waals surface area contributed by atoms with Crippen LogP contribution >= 0.6 is 0 Å². The second kappa shape index (κ2) is 10.8. The summed E-state index contributed by atoms with van der Waals surface area (Å²) in [6, 6.07) is 67.9. The van der Waals surface area contributed by atoms with E-state index in [1.165, 1.54) is 44.2 Å². The molecule has 2 heteroatoms. The Morgan fingerprint density at radius 3 is 1.80 bits per heavy atom. The molecule has 1 heterocycles. The predicted molar refractivity (Wildman–Crippen MR) is 203 cm³/mol. The van der Waals surface area contributed by atoms with E-state index in [-0.39, 0.29) is 0 Å². The zero-order valence-corrected chi connectivity index (χ0v) is 26.8. The first-order valence-electron chi connectivity index (χ1n) is 16.9. The molecule has 0 amide bonds. The van der Waals surface area contributed by atoms with Gasteiger partial charge >= 0.3 is 0 Å². The standard InChI is InChI=1S/C47H31NO/c1-3-16-33(17-4-1)47(41-26-11-9-23-38(41)39-24-10-12-27-42(39)47)34-18-13-21-36(31-34)48(35-19-5-2-6-20-35)43-28-14-25-40-45-37-22-8-7-15-32(37)29-30-44(45)49-46(40)43/h1-31H. The molecule has 0 N–H and O–H groups in total. The van der Waals surface area contributed by atoms with Crippen molar-refractivity contribution in [1.82, 2.24) is 0 Å². The minimum absolute atomic E-state index is 0.489. The Kier molecular flexibility index (Phi) is 6.13. The Bertz CT molecular complexity index is 2630. The molecule has 8 aromatic carbocycles. The highest BCUT2D eigenvalue weighted by atomic mass is 16.3. The van der Waals surface area contributed by atoms with Gasteiger partial charge in [-0.1, -0.05) is 152 Å². The van der Waals surface area contributed by atoms with Gasteiger partial charge in [-0.05, 0) is 80.6 Å². The maximum absolute atomic E-state index is 6.79. The van der Waals surface area contributed by atoms with E-state index in [9.17, 15) is 0 Å². The van der Waals surface area contributed by atoms with Crippen LogP contribution in [0.25, 0.3) is 43.8 Å². The topological polar surface area (TPSA) is 16.4 Å². The van der Waals surface area contributed by atoms with Crippen molar-refractivity contribution in [2.45, 2.75) is 5.41 Å². The Balaban J connectivity index is 1.26. The number of benzene rings is 8. The smallest absolute Gasteiger partial charge is 0.159 e. The van der Waals surface area contributed by atoms with E-state index in [2.05, 4.69) is 193 Å². The minimum atomic E-state index is -0.489. The molecule has 0 fully saturated rings. The van der Waals surface area contributed by atoms with Gasteiger partial charge in [0.05, 0.1) is 11.1 Å². The van der Waals surface area contributed by atoms with E-state index >= 15 is 0 Å². The van der Waals surface area contributed by atoms with Crippen molar-refractivity contribution in [2.24, 2.45) is 0 Å². The van der Waals surface area contributed by atoms with Gasteiger partial charge in [0, 0.05) is 22.1 Å². The third-order valence-corrected chi connectivity index (χ3v) is 10.3. The monoisotopic (exact) mass is 625 g/mol. The van der Waals surface area contributed by atoms with Crippen LogP contribution in [0.5, 0.6) is 0 Å². The lowest BCUT2D eigenvalue weighted by Crippen LogP contribution is -2.28. The third kappa shape index (κ3) is 4.01. The molecular formula is C47H31NO. The van der Waals surface area contributed by atoms with E-state index in [1.807, 2.05) is 0 Å². The van der Waals surface area contributed by atoms with Gasteiger partial charge in [0.2, 0.25) is 0 Å². The van der Waals surface area contributed by atoms with E-state index in [0.717, 1.165) is 39.0 Å². The van der Waals surface area contributed by atoms with Crippen LogP contribution in [0.3, 0.4) is 0 Å². The van der Waals surface area contributed by atoms with Gasteiger partial charge in [-0.25, -0.2) is 0 Å². The molecule has 0 radical (unpaired) electrons. The summed E-state index contributed by atoms with van der Waals surface area (Å²) in [7, 11) is 0. The quantitative estimate of drug-likeness (QED) is 0.189. The zero-order chi connectivity index (χ0) is 32.4. The molecule has 1 aromatic heterocycles. The van der Waals surface area contributed by atoms with Gasteiger partial charge in [0.15, 0.2) is 5.58 Å². The first kappa shape index (κ1) is 27.7. The first-order valence-corrected chi connectivity index (χ1v) is 16.9. The molecule has 9 aromatic rings. The highest BCUT2D eigenvalue weighted by Gasteiger charge is 2.46. The summed E-state index contributed by atoms with van der Waals surface area (Å²) < 4.78 is 6.79. The first-order chi connectivity index (χ1) is 24.3. The van der Waals surface area contributed by atoms with Crippen LogP contribution in [-0.4, -0.2) is 0 Å². The van der Waals surface area contributed by atoms with Crippen molar-refractivity contribution >= 4 is 49.8 Å². The summed E-state index contributed by atoms with van der Waals surface area (Å²) in [6.07, 6.45) is 0. The average molecular weight is 626 g/mol. The van der Waals surface area contributed by atoms with E-state index in [4.69, 9.17) is 4.42 Å². The fourth-order valence-corrected chi connectivity index (χ4v) is 8.32. The average Bonchev–Trinajstić information content (AvgIpc) is 3.71. The van der Waals surface area contributed by atoms with Gasteiger partial charge in [0.1, 0.15) is 5.58 Å². The number of hydrogen-bond acceptors (Lipinski definition) is 2. The van der Waals surface area contributed by atoms with E-state index in [0.29, 0.717) is 0 Å². The van der Waals surface area contributed by atoms with Crippen LogP contribution in [0, 0.1) is 0 Å².